The van der Waals surface area contributed by atoms with Gasteiger partial charge in [0.1, 0.15) is 0 Å². The van der Waals surface area contributed by atoms with Crippen LogP contribution in [-0.4, -0.2) is 26.0 Å². The van der Waals surface area contributed by atoms with Crippen molar-refractivity contribution in [2.45, 2.75) is 19.0 Å². The van der Waals surface area contributed by atoms with Crippen LogP contribution in [0, 0.1) is 18.3 Å². The second-order valence-corrected chi connectivity index (χ2v) is 5.79. The summed E-state index contributed by atoms with van der Waals surface area (Å²) in [6, 6.07) is 12.6. The van der Waals surface area contributed by atoms with E-state index < -0.39 is 23.4 Å². The molecule has 0 bridgehead atoms. The maximum absolute atomic E-state index is 12.7. The number of nitrogens with zero attached hydrogens (tertiary/aromatic N) is 5. The third-order valence-corrected chi connectivity index (χ3v) is 3.92. The largest absolute Gasteiger partial charge is 0.416 e. The van der Waals surface area contributed by atoms with E-state index in [0.29, 0.717) is 5.69 Å². The number of carbonyl (C=O) groups excluding carboxylic acids is 1. The fraction of sp³-hybridized carbons (Fsp3) is 0.167. The molecule has 0 saturated carbocycles. The molecule has 1 aromatic heterocycles. The van der Waals surface area contributed by atoms with E-state index >= 15 is 0 Å². The Morgan fingerprint density at radius 1 is 1.11 bits per heavy atom. The van der Waals surface area contributed by atoms with Crippen LogP contribution in [0.25, 0.3) is 5.69 Å². The van der Waals surface area contributed by atoms with Crippen molar-refractivity contribution in [2.24, 2.45) is 0 Å². The van der Waals surface area contributed by atoms with Gasteiger partial charge in [-0.15, -0.1) is 5.10 Å². The molecule has 3 rings (SSSR count). The molecule has 27 heavy (non-hydrogen) atoms. The normalized spacial score (nSPS) is 12.4. The van der Waals surface area contributed by atoms with Crippen LogP contribution in [-0.2, 0) is 6.18 Å². The molecule has 0 aliphatic rings. The van der Waals surface area contributed by atoms with Gasteiger partial charge in [0.25, 0.3) is 0 Å². The molecule has 2 aromatic carbocycles. The Bertz CT molecular complexity index is 1000. The molecule has 1 unspecified atom stereocenters. The maximum atomic E-state index is 12.7. The van der Waals surface area contributed by atoms with Gasteiger partial charge >= 0.3 is 6.18 Å². The molecule has 0 saturated heterocycles. The third-order valence-electron chi connectivity index (χ3n) is 3.92. The van der Waals surface area contributed by atoms with Gasteiger partial charge < -0.3 is 0 Å². The summed E-state index contributed by atoms with van der Waals surface area (Å²) in [4.78, 5) is 12.7. The minimum atomic E-state index is -4.51. The number of nitriles is 1. The minimum absolute atomic E-state index is 0.00810. The maximum Gasteiger partial charge on any atom is 0.416 e. The number of alkyl halides is 3. The van der Waals surface area contributed by atoms with E-state index in [4.69, 9.17) is 0 Å². The Balaban J connectivity index is 1.94. The van der Waals surface area contributed by atoms with Gasteiger partial charge in [-0.05, 0) is 41.6 Å². The van der Waals surface area contributed by atoms with Gasteiger partial charge in [-0.2, -0.15) is 23.1 Å². The Kier molecular flexibility index (Phi) is 4.73. The quantitative estimate of drug-likeness (QED) is 0.656. The molecule has 0 aliphatic heterocycles. The van der Waals surface area contributed by atoms with Crippen molar-refractivity contribution in [2.75, 3.05) is 0 Å². The number of aromatic nitrogens is 4. The molecule has 136 valence electrons. The first-order valence-corrected chi connectivity index (χ1v) is 7.77. The highest BCUT2D eigenvalue weighted by Gasteiger charge is 2.32. The molecular weight excluding hydrogens is 359 g/mol. The molecule has 0 amide bonds. The third kappa shape index (κ3) is 3.69. The average Bonchev–Trinajstić information content (AvgIpc) is 3.11. The SMILES string of the molecule is Cc1ccc(-n2nnnc2C(C#N)C(=O)c2ccc(C(F)(F)F)cc2)cc1. The van der Waals surface area contributed by atoms with Crippen LogP contribution in [0.3, 0.4) is 0 Å². The van der Waals surface area contributed by atoms with E-state index in [1.54, 1.807) is 12.1 Å². The summed E-state index contributed by atoms with van der Waals surface area (Å²) in [5.41, 5.74) is 0.650. The second kappa shape index (κ2) is 6.99. The van der Waals surface area contributed by atoms with Crippen LogP contribution in [0.5, 0.6) is 0 Å². The monoisotopic (exact) mass is 371 g/mol. The Hall–Kier alpha value is -3.54. The fourth-order valence-corrected chi connectivity index (χ4v) is 2.47. The lowest BCUT2D eigenvalue weighted by Gasteiger charge is -2.10. The molecule has 9 heteroatoms. The summed E-state index contributed by atoms with van der Waals surface area (Å²) in [6.07, 6.45) is -4.51. The number of ketones is 1. The number of halogens is 3. The van der Waals surface area contributed by atoms with Gasteiger partial charge in [-0.3, -0.25) is 4.79 Å². The van der Waals surface area contributed by atoms with Crippen molar-refractivity contribution >= 4 is 5.78 Å². The zero-order valence-electron chi connectivity index (χ0n) is 14.0. The van der Waals surface area contributed by atoms with E-state index in [9.17, 15) is 23.2 Å². The summed E-state index contributed by atoms with van der Waals surface area (Å²) in [5.74, 6) is -2.06. The molecule has 0 spiro atoms. The predicted molar refractivity (Wildman–Crippen MR) is 88.0 cm³/mol. The Labute approximate surface area is 151 Å². The first-order chi connectivity index (χ1) is 12.8. The van der Waals surface area contributed by atoms with Gasteiger partial charge in [0, 0.05) is 5.56 Å². The zero-order valence-corrected chi connectivity index (χ0v) is 14.0. The number of benzene rings is 2. The minimum Gasteiger partial charge on any atom is -0.292 e. The lowest BCUT2D eigenvalue weighted by Crippen LogP contribution is -2.17. The topological polar surface area (TPSA) is 84.5 Å². The van der Waals surface area contributed by atoms with Crippen LogP contribution in [0.4, 0.5) is 13.2 Å². The number of aryl methyl sites for hydroxylation is 1. The first kappa shape index (κ1) is 18.3. The standard InChI is InChI=1S/C18H12F3N5O/c1-11-2-8-14(9-3-11)26-17(23-24-25-26)15(10-22)16(27)12-4-6-13(7-5-12)18(19,20)21/h2-9,15H,1H3. The highest BCUT2D eigenvalue weighted by atomic mass is 19.4. The van der Waals surface area contributed by atoms with Gasteiger partial charge in [0.15, 0.2) is 17.5 Å². The molecule has 0 radical (unpaired) electrons. The van der Waals surface area contributed by atoms with Gasteiger partial charge in [-0.25, -0.2) is 0 Å². The van der Waals surface area contributed by atoms with Crippen LogP contribution in [0.2, 0.25) is 0 Å². The predicted octanol–water partition coefficient (Wildman–Crippen LogP) is 3.48. The van der Waals surface area contributed by atoms with Gasteiger partial charge in [0.05, 0.1) is 17.3 Å². The van der Waals surface area contributed by atoms with Crippen LogP contribution in [0.1, 0.15) is 33.2 Å². The van der Waals surface area contributed by atoms with Crippen molar-refractivity contribution < 1.29 is 18.0 Å². The fourth-order valence-electron chi connectivity index (χ4n) is 2.47. The molecule has 6 nitrogen and oxygen atoms in total. The van der Waals surface area contributed by atoms with Crippen molar-refractivity contribution in [3.8, 4) is 11.8 Å². The highest BCUT2D eigenvalue weighted by Crippen LogP contribution is 2.30. The smallest absolute Gasteiger partial charge is 0.292 e. The number of Topliss-reactive ketones (excluding diaryl/α,β-unsaturated/α-hetero) is 1. The first-order valence-electron chi connectivity index (χ1n) is 7.77. The van der Waals surface area contributed by atoms with Crippen molar-refractivity contribution in [1.82, 2.24) is 20.2 Å². The Morgan fingerprint density at radius 2 is 1.74 bits per heavy atom. The summed E-state index contributed by atoms with van der Waals surface area (Å²) in [7, 11) is 0. The van der Waals surface area contributed by atoms with E-state index in [1.165, 1.54) is 4.68 Å². The molecule has 0 fully saturated rings. The number of hydrogen-bond donors (Lipinski definition) is 0. The zero-order chi connectivity index (χ0) is 19.6. The summed E-state index contributed by atoms with van der Waals surface area (Å²) >= 11 is 0. The summed E-state index contributed by atoms with van der Waals surface area (Å²) < 4.78 is 39.3. The molecule has 1 atom stereocenters. The van der Waals surface area contributed by atoms with Crippen molar-refractivity contribution in [1.29, 1.82) is 5.26 Å². The number of tetrazole rings is 1. The Morgan fingerprint density at radius 3 is 2.30 bits per heavy atom. The molecular formula is C18H12F3N5O. The van der Waals surface area contributed by atoms with Gasteiger partial charge in [0.2, 0.25) is 0 Å². The van der Waals surface area contributed by atoms with Crippen LogP contribution >= 0.6 is 0 Å². The number of rotatable bonds is 4. The van der Waals surface area contributed by atoms with E-state index in [1.807, 2.05) is 25.1 Å². The average molecular weight is 371 g/mol. The summed E-state index contributed by atoms with van der Waals surface area (Å²) in [6.45, 7) is 1.90. The van der Waals surface area contributed by atoms with Crippen LogP contribution < -0.4 is 0 Å². The molecule has 1 heterocycles. The van der Waals surface area contributed by atoms with Crippen LogP contribution in [0.15, 0.2) is 48.5 Å². The van der Waals surface area contributed by atoms with Gasteiger partial charge in [-0.1, -0.05) is 29.8 Å². The number of hydrogen-bond acceptors (Lipinski definition) is 5. The molecule has 0 N–H and O–H groups in total. The van der Waals surface area contributed by atoms with E-state index in [-0.39, 0.29) is 11.4 Å². The highest BCUT2D eigenvalue weighted by molar-refractivity contribution is 6.02. The lowest BCUT2D eigenvalue weighted by atomic mass is 9.97. The molecule has 0 aliphatic carbocycles. The van der Waals surface area contributed by atoms with E-state index in [0.717, 1.165) is 29.8 Å². The number of carbonyl (C=O) groups is 1. The van der Waals surface area contributed by atoms with Crippen molar-refractivity contribution in [3.63, 3.8) is 0 Å². The lowest BCUT2D eigenvalue weighted by molar-refractivity contribution is -0.137. The second-order valence-electron chi connectivity index (χ2n) is 5.79. The molecule has 3 aromatic rings. The summed E-state index contributed by atoms with van der Waals surface area (Å²) in [5, 5.41) is 20.6. The van der Waals surface area contributed by atoms with Crippen molar-refractivity contribution in [3.05, 3.63) is 71.0 Å². The van der Waals surface area contributed by atoms with E-state index in [2.05, 4.69) is 15.5 Å².